The van der Waals surface area contributed by atoms with Gasteiger partial charge in [0.2, 0.25) is 5.88 Å². The Hall–Kier alpha value is -1.29. The van der Waals surface area contributed by atoms with Crippen molar-refractivity contribution in [3.05, 3.63) is 51.6 Å². The van der Waals surface area contributed by atoms with Crippen molar-refractivity contribution in [2.45, 2.75) is 13.3 Å². The maximum atomic E-state index is 5.92. The van der Waals surface area contributed by atoms with Crippen LogP contribution in [0.15, 0.2) is 30.5 Å². The second-order valence-corrected chi connectivity index (χ2v) is 5.08. The molecule has 100 valence electrons. The first-order valence-corrected chi connectivity index (χ1v) is 6.63. The number of halogens is 2. The first kappa shape index (κ1) is 14.1. The number of aromatic nitrogens is 1. The molecule has 19 heavy (non-hydrogen) atoms. The van der Waals surface area contributed by atoms with Gasteiger partial charge in [-0.15, -0.1) is 0 Å². The van der Waals surface area contributed by atoms with Crippen molar-refractivity contribution >= 4 is 23.2 Å². The predicted octanol–water partition coefficient (Wildman–Crippen LogP) is 3.99. The van der Waals surface area contributed by atoms with E-state index in [9.17, 15) is 0 Å². The van der Waals surface area contributed by atoms with Crippen LogP contribution < -0.4 is 10.5 Å². The zero-order chi connectivity index (χ0) is 13.8. The second-order valence-electron chi connectivity index (χ2n) is 4.21. The van der Waals surface area contributed by atoms with Gasteiger partial charge in [0.1, 0.15) is 5.75 Å². The smallest absolute Gasteiger partial charge is 0.222 e. The zero-order valence-corrected chi connectivity index (χ0v) is 12.0. The largest absolute Gasteiger partial charge is 0.439 e. The van der Waals surface area contributed by atoms with Crippen LogP contribution >= 0.6 is 23.2 Å². The fourth-order valence-electron chi connectivity index (χ4n) is 1.73. The van der Waals surface area contributed by atoms with Crippen molar-refractivity contribution in [2.75, 3.05) is 6.54 Å². The third kappa shape index (κ3) is 3.83. The van der Waals surface area contributed by atoms with Crippen molar-refractivity contribution in [1.82, 2.24) is 4.98 Å². The van der Waals surface area contributed by atoms with Crippen LogP contribution in [0, 0.1) is 6.92 Å². The first-order valence-electron chi connectivity index (χ1n) is 5.88. The van der Waals surface area contributed by atoms with Crippen LogP contribution in [0.2, 0.25) is 10.0 Å². The molecule has 3 nitrogen and oxygen atoms in total. The number of ether oxygens (including phenoxy) is 1. The summed E-state index contributed by atoms with van der Waals surface area (Å²) in [5.41, 5.74) is 7.56. The summed E-state index contributed by atoms with van der Waals surface area (Å²) in [6.45, 7) is 2.54. The lowest BCUT2D eigenvalue weighted by atomic mass is 10.1. The van der Waals surface area contributed by atoms with Gasteiger partial charge in [0.05, 0.1) is 0 Å². The molecule has 0 amide bonds. The molecule has 0 aliphatic rings. The van der Waals surface area contributed by atoms with Crippen LogP contribution in [0.1, 0.15) is 11.1 Å². The molecule has 1 heterocycles. The predicted molar refractivity (Wildman–Crippen MR) is 78.3 cm³/mol. The van der Waals surface area contributed by atoms with Gasteiger partial charge in [-0.1, -0.05) is 23.2 Å². The van der Waals surface area contributed by atoms with Crippen LogP contribution in [0.4, 0.5) is 0 Å². The number of nitrogens with two attached hydrogens (primary N) is 1. The lowest BCUT2D eigenvalue weighted by molar-refractivity contribution is 0.458. The van der Waals surface area contributed by atoms with Crippen LogP contribution in [0.5, 0.6) is 11.6 Å². The van der Waals surface area contributed by atoms with E-state index >= 15 is 0 Å². The van der Waals surface area contributed by atoms with E-state index in [1.54, 1.807) is 24.4 Å². The van der Waals surface area contributed by atoms with Gasteiger partial charge in [-0.25, -0.2) is 4.98 Å². The normalized spacial score (nSPS) is 10.5. The standard InChI is InChI=1S/C14H14Cl2N2O/c1-9-4-10(2-3-17)8-18-14(9)19-13-6-11(15)5-12(16)7-13/h4-8H,2-3,17H2,1H3. The Morgan fingerprint density at radius 3 is 2.42 bits per heavy atom. The Bertz CT molecular complexity index is 567. The highest BCUT2D eigenvalue weighted by Gasteiger charge is 2.06. The fourth-order valence-corrected chi connectivity index (χ4v) is 2.24. The maximum Gasteiger partial charge on any atom is 0.222 e. The number of nitrogens with zero attached hydrogens (tertiary/aromatic N) is 1. The van der Waals surface area contributed by atoms with Gasteiger partial charge >= 0.3 is 0 Å². The van der Waals surface area contributed by atoms with Gasteiger partial charge in [-0.05, 0) is 49.7 Å². The van der Waals surface area contributed by atoms with E-state index < -0.39 is 0 Å². The molecule has 0 aliphatic carbocycles. The van der Waals surface area contributed by atoms with E-state index in [1.165, 1.54) is 0 Å². The van der Waals surface area contributed by atoms with E-state index in [0.29, 0.717) is 28.2 Å². The topological polar surface area (TPSA) is 48.1 Å². The summed E-state index contributed by atoms with van der Waals surface area (Å²) < 4.78 is 5.69. The molecule has 2 rings (SSSR count). The van der Waals surface area contributed by atoms with Crippen LogP contribution in [0.25, 0.3) is 0 Å². The van der Waals surface area contributed by atoms with E-state index in [4.69, 9.17) is 33.7 Å². The minimum Gasteiger partial charge on any atom is -0.439 e. The molecule has 1 aromatic heterocycles. The third-order valence-electron chi connectivity index (χ3n) is 2.57. The van der Waals surface area contributed by atoms with Gasteiger partial charge in [0.15, 0.2) is 0 Å². The van der Waals surface area contributed by atoms with Gasteiger partial charge < -0.3 is 10.5 Å². The van der Waals surface area contributed by atoms with Crippen LogP contribution in [-0.4, -0.2) is 11.5 Å². The summed E-state index contributed by atoms with van der Waals surface area (Å²) in [4.78, 5) is 4.29. The minimum absolute atomic E-state index is 0.528. The van der Waals surface area contributed by atoms with Crippen LogP contribution in [0.3, 0.4) is 0 Å². The maximum absolute atomic E-state index is 5.92. The molecule has 0 unspecified atom stereocenters. The summed E-state index contributed by atoms with van der Waals surface area (Å²) in [5, 5.41) is 1.06. The number of hydrogen-bond donors (Lipinski definition) is 1. The average molecular weight is 297 g/mol. The van der Waals surface area contributed by atoms with Crippen molar-refractivity contribution < 1.29 is 4.74 Å². The number of rotatable bonds is 4. The summed E-state index contributed by atoms with van der Waals surface area (Å²) >= 11 is 11.8. The van der Waals surface area contributed by atoms with Crippen molar-refractivity contribution in [3.8, 4) is 11.6 Å². The highest BCUT2D eigenvalue weighted by atomic mass is 35.5. The number of hydrogen-bond acceptors (Lipinski definition) is 3. The molecule has 0 fully saturated rings. The molecule has 1 aromatic carbocycles. The lowest BCUT2D eigenvalue weighted by Gasteiger charge is -2.09. The first-order chi connectivity index (χ1) is 9.08. The van der Waals surface area contributed by atoms with Crippen molar-refractivity contribution in [2.24, 2.45) is 5.73 Å². The molecule has 0 saturated heterocycles. The molecule has 0 atom stereocenters. The molecule has 0 spiro atoms. The lowest BCUT2D eigenvalue weighted by Crippen LogP contribution is -2.03. The Morgan fingerprint density at radius 2 is 1.84 bits per heavy atom. The van der Waals surface area contributed by atoms with Crippen LogP contribution in [-0.2, 0) is 6.42 Å². The average Bonchev–Trinajstić information content (AvgIpc) is 2.32. The van der Waals surface area contributed by atoms with Gasteiger partial charge in [0, 0.05) is 21.8 Å². The summed E-state index contributed by atoms with van der Waals surface area (Å²) in [7, 11) is 0. The molecule has 2 N–H and O–H groups in total. The highest BCUT2D eigenvalue weighted by molar-refractivity contribution is 6.34. The Morgan fingerprint density at radius 1 is 1.16 bits per heavy atom. The van der Waals surface area contributed by atoms with Crippen molar-refractivity contribution in [3.63, 3.8) is 0 Å². The van der Waals surface area contributed by atoms with Gasteiger partial charge in [-0.2, -0.15) is 0 Å². The molecule has 2 aromatic rings. The molecule has 0 radical (unpaired) electrons. The van der Waals surface area contributed by atoms with E-state index in [1.807, 2.05) is 13.0 Å². The van der Waals surface area contributed by atoms with E-state index in [0.717, 1.165) is 17.5 Å². The summed E-state index contributed by atoms with van der Waals surface area (Å²) in [6, 6.07) is 7.06. The number of pyridine rings is 1. The van der Waals surface area contributed by atoms with E-state index in [-0.39, 0.29) is 0 Å². The fraction of sp³-hybridized carbons (Fsp3) is 0.214. The minimum atomic E-state index is 0.528. The number of aryl methyl sites for hydroxylation is 1. The molecular weight excluding hydrogens is 283 g/mol. The molecule has 0 saturated carbocycles. The molecule has 0 aliphatic heterocycles. The monoisotopic (exact) mass is 296 g/mol. The highest BCUT2D eigenvalue weighted by Crippen LogP contribution is 2.29. The quantitative estimate of drug-likeness (QED) is 0.928. The zero-order valence-electron chi connectivity index (χ0n) is 10.5. The summed E-state index contributed by atoms with van der Waals surface area (Å²) in [5.74, 6) is 1.11. The third-order valence-corrected chi connectivity index (χ3v) is 3.01. The Balaban J connectivity index is 2.23. The molecule has 0 bridgehead atoms. The SMILES string of the molecule is Cc1cc(CCN)cnc1Oc1cc(Cl)cc(Cl)c1. The number of benzene rings is 1. The molecule has 5 heteroatoms. The Kier molecular flexibility index (Phi) is 4.64. The van der Waals surface area contributed by atoms with Gasteiger partial charge in [-0.3, -0.25) is 0 Å². The summed E-state index contributed by atoms with van der Waals surface area (Å²) in [6.07, 6.45) is 2.57. The Labute approximate surface area is 122 Å². The second kappa shape index (κ2) is 6.24. The molecular formula is C14H14Cl2N2O. The van der Waals surface area contributed by atoms with E-state index in [2.05, 4.69) is 4.98 Å². The van der Waals surface area contributed by atoms with Crippen molar-refractivity contribution in [1.29, 1.82) is 0 Å². The van der Waals surface area contributed by atoms with Gasteiger partial charge in [0.25, 0.3) is 0 Å².